The van der Waals surface area contributed by atoms with Crippen LogP contribution < -0.4 is 10.6 Å². The molecule has 0 spiro atoms. The van der Waals surface area contributed by atoms with Gasteiger partial charge in [-0.05, 0) is 13.3 Å². The molecule has 1 fully saturated rings. The summed E-state index contributed by atoms with van der Waals surface area (Å²) in [4.78, 5) is 22.3. The number of halogens is 1. The highest BCUT2D eigenvalue weighted by Crippen LogP contribution is 2.20. The zero-order valence-electron chi connectivity index (χ0n) is 16.6. The number of hydrogen-bond acceptors (Lipinski definition) is 4. The molecule has 2 N–H and O–H groups in total. The fourth-order valence-corrected chi connectivity index (χ4v) is 3.12. The Morgan fingerprint density at radius 1 is 1.36 bits per heavy atom. The summed E-state index contributed by atoms with van der Waals surface area (Å²) in [7, 11) is 1.73. The molecule has 3 rings (SSSR count). The van der Waals surface area contributed by atoms with Crippen LogP contribution in [0.1, 0.15) is 31.2 Å². The molecule has 1 aromatic carbocycles. The number of carbonyl (C=O) groups is 1. The fraction of sp³-hybridized carbons (Fsp3) is 0.450. The van der Waals surface area contributed by atoms with E-state index < -0.39 is 0 Å². The summed E-state index contributed by atoms with van der Waals surface area (Å²) < 4.78 is 5.83. The number of nitrogens with one attached hydrogen (secondary N) is 2. The highest BCUT2D eigenvalue weighted by Gasteiger charge is 2.25. The molecule has 0 radical (unpaired) electrons. The van der Waals surface area contributed by atoms with Gasteiger partial charge >= 0.3 is 0 Å². The van der Waals surface area contributed by atoms with Gasteiger partial charge in [0.15, 0.2) is 11.7 Å². The summed E-state index contributed by atoms with van der Waals surface area (Å²) in [6.45, 7) is 5.89. The van der Waals surface area contributed by atoms with Crippen molar-refractivity contribution in [2.75, 3.05) is 20.1 Å². The number of likely N-dealkylation sites (tertiary alicyclic amines) is 1. The van der Waals surface area contributed by atoms with Crippen LogP contribution in [0.5, 0.6) is 0 Å². The highest BCUT2D eigenvalue weighted by molar-refractivity contribution is 14.0. The molecule has 1 aliphatic heterocycles. The highest BCUT2D eigenvalue weighted by atomic mass is 127. The Morgan fingerprint density at radius 3 is 2.79 bits per heavy atom. The molecule has 1 amide bonds. The number of rotatable bonds is 5. The third-order valence-corrected chi connectivity index (χ3v) is 4.70. The standard InChI is InChI=1S/C20H27N5O2.HI/c1-4-19(26)25-10-9-16(13-25)24-20(21-3)23-12-18-22-11-17(27-18)15-7-5-14(2)6-8-15;/h5-8,11,16H,4,9-10,12-13H2,1-3H3,(H2,21,23,24);1H. The minimum absolute atomic E-state index is 0. The van der Waals surface area contributed by atoms with E-state index in [0.717, 1.165) is 24.3 Å². The summed E-state index contributed by atoms with van der Waals surface area (Å²) in [5.41, 5.74) is 2.22. The Balaban J connectivity index is 0.00000280. The van der Waals surface area contributed by atoms with Crippen LogP contribution in [-0.4, -0.2) is 47.9 Å². The van der Waals surface area contributed by atoms with Crippen LogP contribution in [0.4, 0.5) is 0 Å². The number of nitrogens with zero attached hydrogens (tertiary/aromatic N) is 3. The van der Waals surface area contributed by atoms with Crippen molar-refractivity contribution < 1.29 is 9.21 Å². The van der Waals surface area contributed by atoms with Crippen LogP contribution in [0, 0.1) is 6.92 Å². The van der Waals surface area contributed by atoms with Gasteiger partial charge < -0.3 is 20.0 Å². The largest absolute Gasteiger partial charge is 0.439 e. The Bertz CT molecular complexity index is 803. The van der Waals surface area contributed by atoms with Crippen molar-refractivity contribution in [3.63, 3.8) is 0 Å². The van der Waals surface area contributed by atoms with E-state index in [0.29, 0.717) is 31.4 Å². The molecule has 0 saturated carbocycles. The molecule has 1 atom stereocenters. The van der Waals surface area contributed by atoms with E-state index in [2.05, 4.69) is 39.7 Å². The van der Waals surface area contributed by atoms with Crippen molar-refractivity contribution in [2.24, 2.45) is 4.99 Å². The number of carbonyl (C=O) groups excluding carboxylic acids is 1. The van der Waals surface area contributed by atoms with Crippen LogP contribution in [0.2, 0.25) is 0 Å². The molecule has 152 valence electrons. The molecular formula is C20H28IN5O2. The minimum atomic E-state index is 0. The molecule has 2 aromatic rings. The number of aliphatic imine (C=N–C) groups is 1. The van der Waals surface area contributed by atoms with Gasteiger partial charge in [0.1, 0.15) is 0 Å². The molecule has 1 aromatic heterocycles. The second-order valence-electron chi connectivity index (χ2n) is 6.73. The first-order chi connectivity index (χ1) is 13.1. The maximum Gasteiger partial charge on any atom is 0.222 e. The monoisotopic (exact) mass is 497 g/mol. The van der Waals surface area contributed by atoms with E-state index in [1.807, 2.05) is 24.0 Å². The van der Waals surface area contributed by atoms with E-state index in [-0.39, 0.29) is 35.9 Å². The summed E-state index contributed by atoms with van der Waals surface area (Å²) in [5, 5.41) is 6.59. The number of aromatic nitrogens is 1. The summed E-state index contributed by atoms with van der Waals surface area (Å²) in [6, 6.07) is 8.36. The number of oxazole rings is 1. The van der Waals surface area contributed by atoms with Crippen LogP contribution in [-0.2, 0) is 11.3 Å². The van der Waals surface area contributed by atoms with Crippen molar-refractivity contribution in [3.05, 3.63) is 41.9 Å². The second kappa shape index (κ2) is 10.4. The molecule has 0 bridgehead atoms. The van der Waals surface area contributed by atoms with Crippen molar-refractivity contribution in [1.29, 1.82) is 0 Å². The van der Waals surface area contributed by atoms with Gasteiger partial charge in [0.25, 0.3) is 0 Å². The van der Waals surface area contributed by atoms with Gasteiger partial charge in [-0.15, -0.1) is 24.0 Å². The van der Waals surface area contributed by atoms with Crippen LogP contribution in [0.15, 0.2) is 39.9 Å². The number of guanidine groups is 1. The predicted octanol–water partition coefficient (Wildman–Crippen LogP) is 2.94. The normalized spacial score (nSPS) is 16.6. The molecular weight excluding hydrogens is 469 g/mol. The molecule has 7 nitrogen and oxygen atoms in total. The molecule has 1 unspecified atom stereocenters. The van der Waals surface area contributed by atoms with Gasteiger partial charge in [-0.25, -0.2) is 4.98 Å². The van der Waals surface area contributed by atoms with E-state index in [9.17, 15) is 4.79 Å². The van der Waals surface area contributed by atoms with Crippen molar-refractivity contribution in [3.8, 4) is 11.3 Å². The lowest BCUT2D eigenvalue weighted by Gasteiger charge is -2.18. The van der Waals surface area contributed by atoms with Crippen LogP contribution in [0.25, 0.3) is 11.3 Å². The van der Waals surface area contributed by atoms with Gasteiger partial charge in [-0.3, -0.25) is 9.79 Å². The Morgan fingerprint density at radius 2 is 2.11 bits per heavy atom. The lowest BCUT2D eigenvalue weighted by Crippen LogP contribution is -2.44. The van der Waals surface area contributed by atoms with Crippen molar-refractivity contribution in [1.82, 2.24) is 20.5 Å². The van der Waals surface area contributed by atoms with Crippen molar-refractivity contribution in [2.45, 2.75) is 39.3 Å². The Hall–Kier alpha value is -2.10. The minimum Gasteiger partial charge on any atom is -0.439 e. The van der Waals surface area contributed by atoms with E-state index in [1.54, 1.807) is 13.2 Å². The molecule has 8 heteroatoms. The number of amides is 1. The summed E-state index contributed by atoms with van der Waals surface area (Å²) >= 11 is 0. The summed E-state index contributed by atoms with van der Waals surface area (Å²) in [5.74, 6) is 2.23. The smallest absolute Gasteiger partial charge is 0.222 e. The van der Waals surface area contributed by atoms with Crippen molar-refractivity contribution >= 4 is 35.8 Å². The molecule has 28 heavy (non-hydrogen) atoms. The topological polar surface area (TPSA) is 82.8 Å². The fourth-order valence-electron chi connectivity index (χ4n) is 3.12. The van der Waals surface area contributed by atoms with Gasteiger partial charge in [0.05, 0.1) is 12.7 Å². The first-order valence-electron chi connectivity index (χ1n) is 9.35. The SMILES string of the molecule is CCC(=O)N1CCC(NC(=NC)NCc2ncc(-c3ccc(C)cc3)o2)C1.I. The number of benzene rings is 1. The quantitative estimate of drug-likeness (QED) is 0.377. The Labute approximate surface area is 183 Å². The number of hydrogen-bond donors (Lipinski definition) is 2. The molecule has 0 aliphatic carbocycles. The zero-order valence-corrected chi connectivity index (χ0v) is 18.9. The zero-order chi connectivity index (χ0) is 19.2. The van der Waals surface area contributed by atoms with Gasteiger partial charge in [-0.1, -0.05) is 36.8 Å². The van der Waals surface area contributed by atoms with Crippen LogP contribution in [0.3, 0.4) is 0 Å². The van der Waals surface area contributed by atoms with Gasteiger partial charge in [0.2, 0.25) is 11.8 Å². The first kappa shape index (κ1) is 22.2. The maximum atomic E-state index is 11.8. The maximum absolute atomic E-state index is 11.8. The lowest BCUT2D eigenvalue weighted by atomic mass is 10.1. The molecule has 2 heterocycles. The Kier molecular flexibility index (Phi) is 8.28. The molecule has 1 saturated heterocycles. The third-order valence-electron chi connectivity index (χ3n) is 4.70. The van der Waals surface area contributed by atoms with Crippen LogP contribution >= 0.6 is 24.0 Å². The summed E-state index contributed by atoms with van der Waals surface area (Å²) in [6.07, 6.45) is 3.21. The molecule has 1 aliphatic rings. The second-order valence-corrected chi connectivity index (χ2v) is 6.73. The van der Waals surface area contributed by atoms with Gasteiger partial charge in [-0.2, -0.15) is 0 Å². The average molecular weight is 497 g/mol. The predicted molar refractivity (Wildman–Crippen MR) is 121 cm³/mol. The lowest BCUT2D eigenvalue weighted by molar-refractivity contribution is -0.129. The van der Waals surface area contributed by atoms with E-state index in [1.165, 1.54) is 5.56 Å². The van der Waals surface area contributed by atoms with Gasteiger partial charge in [0, 0.05) is 38.2 Å². The number of aryl methyl sites for hydroxylation is 1. The first-order valence-corrected chi connectivity index (χ1v) is 9.35. The average Bonchev–Trinajstić information content (AvgIpc) is 3.34. The van der Waals surface area contributed by atoms with E-state index in [4.69, 9.17) is 4.42 Å². The van der Waals surface area contributed by atoms with E-state index >= 15 is 0 Å². The third kappa shape index (κ3) is 5.70.